The first-order valence-electron chi connectivity index (χ1n) is 9.39. The molecule has 3 aromatic carbocycles. The van der Waals surface area contributed by atoms with Gasteiger partial charge in [-0.05, 0) is 36.6 Å². The number of benzene rings is 3. The third-order valence-corrected chi connectivity index (χ3v) is 5.95. The maximum absolute atomic E-state index is 13.6. The molecule has 0 radical (unpaired) electrons. The summed E-state index contributed by atoms with van der Waals surface area (Å²) in [4.78, 5) is 15.6. The molecule has 5 rings (SSSR count). The molecule has 2 atom stereocenters. The molecule has 1 saturated heterocycles. The number of carbonyl (C=O) groups excluding carboxylic acids is 1. The van der Waals surface area contributed by atoms with Gasteiger partial charge in [-0.1, -0.05) is 78.9 Å². The Balaban J connectivity index is 1.71. The maximum Gasteiger partial charge on any atom is 0.239 e. The lowest BCUT2D eigenvalue weighted by Crippen LogP contribution is -2.45. The fourth-order valence-corrected chi connectivity index (χ4v) is 4.46. The predicted molar refractivity (Wildman–Crippen MR) is 107 cm³/mol. The van der Waals surface area contributed by atoms with Crippen molar-refractivity contribution in [2.45, 2.75) is 31.0 Å². The highest BCUT2D eigenvalue weighted by atomic mass is 16.2. The van der Waals surface area contributed by atoms with Crippen molar-refractivity contribution < 1.29 is 4.79 Å². The molecule has 0 saturated carbocycles. The zero-order valence-electron chi connectivity index (χ0n) is 15.5. The van der Waals surface area contributed by atoms with Crippen LogP contribution in [0.2, 0.25) is 0 Å². The van der Waals surface area contributed by atoms with Gasteiger partial charge in [0.1, 0.15) is 5.66 Å². The smallest absolute Gasteiger partial charge is 0.239 e. The minimum absolute atomic E-state index is 0.0620. The molecule has 2 aliphatic rings. The van der Waals surface area contributed by atoms with E-state index in [1.165, 1.54) is 5.56 Å². The summed E-state index contributed by atoms with van der Waals surface area (Å²) in [5.41, 5.74) is 3.30. The highest BCUT2D eigenvalue weighted by molar-refractivity contribution is 6.09. The fourth-order valence-electron chi connectivity index (χ4n) is 4.46. The normalized spacial score (nSPS) is 25.3. The van der Waals surface area contributed by atoms with Gasteiger partial charge in [0.15, 0.2) is 0 Å². The largest absolute Gasteiger partial charge is 0.286 e. The summed E-state index contributed by atoms with van der Waals surface area (Å²) in [6.07, 6.45) is 0. The Morgan fingerprint density at radius 2 is 1.41 bits per heavy atom. The standard InChI is InChI=1S/C24H22N2O/c1-23(2)19-15-9-10-16-20(19)26(22(23)27)24(18-13-7-4-8-14-18)21(25-24)17-11-5-3-6-12-17/h3-16,21,25H,1-2H3/t21-,24-/m0/s1. The van der Waals surface area contributed by atoms with Crippen LogP contribution in [0.3, 0.4) is 0 Å². The number of nitrogens with one attached hydrogen (secondary N) is 1. The fraction of sp³-hybridized carbons (Fsp3) is 0.208. The van der Waals surface area contributed by atoms with Crippen LogP contribution in [0.25, 0.3) is 0 Å². The Labute approximate surface area is 159 Å². The zero-order valence-corrected chi connectivity index (χ0v) is 15.5. The summed E-state index contributed by atoms with van der Waals surface area (Å²) in [5, 5.41) is 3.67. The third kappa shape index (κ3) is 2.15. The molecule has 3 aromatic rings. The van der Waals surface area contributed by atoms with Crippen LogP contribution in [-0.4, -0.2) is 5.91 Å². The van der Waals surface area contributed by atoms with Crippen LogP contribution in [-0.2, 0) is 15.9 Å². The molecule has 0 bridgehead atoms. The zero-order chi connectivity index (χ0) is 18.6. The Morgan fingerprint density at radius 3 is 2.11 bits per heavy atom. The lowest BCUT2D eigenvalue weighted by atomic mass is 9.86. The quantitative estimate of drug-likeness (QED) is 0.703. The minimum Gasteiger partial charge on any atom is -0.286 e. The number of nitrogens with zero attached hydrogens (tertiary/aromatic N) is 1. The second-order valence-electron chi connectivity index (χ2n) is 7.90. The number of carbonyl (C=O) groups is 1. The number of hydrogen-bond donors (Lipinski definition) is 1. The van der Waals surface area contributed by atoms with Gasteiger partial charge < -0.3 is 0 Å². The van der Waals surface area contributed by atoms with Crippen molar-refractivity contribution in [2.24, 2.45) is 0 Å². The molecular formula is C24H22N2O. The second-order valence-corrected chi connectivity index (χ2v) is 7.90. The molecule has 3 nitrogen and oxygen atoms in total. The van der Waals surface area contributed by atoms with E-state index in [1.54, 1.807) is 0 Å². The van der Waals surface area contributed by atoms with Crippen molar-refractivity contribution in [2.75, 3.05) is 4.90 Å². The van der Waals surface area contributed by atoms with Gasteiger partial charge in [-0.25, -0.2) is 0 Å². The molecule has 0 spiro atoms. The number of hydrogen-bond acceptors (Lipinski definition) is 2. The van der Waals surface area contributed by atoms with Crippen LogP contribution in [0.1, 0.15) is 36.6 Å². The molecule has 1 N–H and O–H groups in total. The second kappa shape index (κ2) is 5.54. The number of para-hydroxylation sites is 1. The van der Waals surface area contributed by atoms with Crippen LogP contribution in [0, 0.1) is 0 Å². The van der Waals surface area contributed by atoms with E-state index in [2.05, 4.69) is 53.8 Å². The summed E-state index contributed by atoms with van der Waals surface area (Å²) in [5.74, 6) is 0.137. The molecular weight excluding hydrogens is 332 g/mol. The van der Waals surface area contributed by atoms with Gasteiger partial charge in [-0.2, -0.15) is 0 Å². The van der Waals surface area contributed by atoms with E-state index in [4.69, 9.17) is 0 Å². The summed E-state index contributed by atoms with van der Waals surface area (Å²) >= 11 is 0. The minimum atomic E-state index is -0.552. The number of amides is 1. The van der Waals surface area contributed by atoms with E-state index in [0.29, 0.717) is 0 Å². The highest BCUT2D eigenvalue weighted by Crippen LogP contribution is 2.57. The first kappa shape index (κ1) is 16.3. The molecule has 27 heavy (non-hydrogen) atoms. The molecule has 2 aliphatic heterocycles. The van der Waals surface area contributed by atoms with Crippen LogP contribution in [0.5, 0.6) is 0 Å². The molecule has 1 fully saturated rings. The number of fused-ring (bicyclic) bond motifs is 1. The van der Waals surface area contributed by atoms with Gasteiger partial charge in [-0.15, -0.1) is 0 Å². The molecule has 3 heteroatoms. The molecule has 2 heterocycles. The Morgan fingerprint density at radius 1 is 0.815 bits per heavy atom. The topological polar surface area (TPSA) is 42.2 Å². The summed E-state index contributed by atoms with van der Waals surface area (Å²) in [6.45, 7) is 4.04. The molecule has 1 amide bonds. The van der Waals surface area contributed by atoms with Gasteiger partial charge in [-0.3, -0.25) is 15.0 Å². The van der Waals surface area contributed by atoms with Gasteiger partial charge in [0.05, 0.1) is 17.1 Å². The summed E-state index contributed by atoms with van der Waals surface area (Å²) < 4.78 is 0. The van der Waals surface area contributed by atoms with E-state index in [9.17, 15) is 4.79 Å². The molecule has 0 aliphatic carbocycles. The van der Waals surface area contributed by atoms with Gasteiger partial charge in [0.2, 0.25) is 5.91 Å². The molecule has 0 aromatic heterocycles. The highest BCUT2D eigenvalue weighted by Gasteiger charge is 2.65. The average Bonchev–Trinajstić information content (AvgIpc) is 3.42. The van der Waals surface area contributed by atoms with E-state index in [1.807, 2.05) is 55.1 Å². The van der Waals surface area contributed by atoms with Gasteiger partial charge in [0, 0.05) is 0 Å². The van der Waals surface area contributed by atoms with Crippen LogP contribution >= 0.6 is 0 Å². The number of anilines is 1. The van der Waals surface area contributed by atoms with Crippen molar-refractivity contribution >= 4 is 11.6 Å². The van der Waals surface area contributed by atoms with Gasteiger partial charge in [0.25, 0.3) is 0 Å². The van der Waals surface area contributed by atoms with E-state index >= 15 is 0 Å². The van der Waals surface area contributed by atoms with E-state index < -0.39 is 11.1 Å². The van der Waals surface area contributed by atoms with Crippen molar-refractivity contribution in [3.63, 3.8) is 0 Å². The SMILES string of the molecule is CC1(C)C(=O)N([C@]2(c3ccccc3)N[C@H]2c2ccccc2)c2ccccc21. The van der Waals surface area contributed by atoms with Crippen molar-refractivity contribution in [1.82, 2.24) is 5.32 Å². The van der Waals surface area contributed by atoms with E-state index in [0.717, 1.165) is 16.8 Å². The Bertz CT molecular complexity index is 1010. The van der Waals surface area contributed by atoms with Crippen LogP contribution < -0.4 is 10.2 Å². The Hall–Kier alpha value is -2.91. The molecule has 134 valence electrons. The van der Waals surface area contributed by atoms with Crippen LogP contribution in [0.4, 0.5) is 5.69 Å². The number of rotatable bonds is 3. The van der Waals surface area contributed by atoms with Gasteiger partial charge >= 0.3 is 0 Å². The summed E-state index contributed by atoms with van der Waals surface area (Å²) in [7, 11) is 0. The maximum atomic E-state index is 13.6. The lowest BCUT2D eigenvalue weighted by molar-refractivity contribution is -0.122. The lowest BCUT2D eigenvalue weighted by Gasteiger charge is -2.30. The summed E-state index contributed by atoms with van der Waals surface area (Å²) in [6, 6.07) is 28.9. The van der Waals surface area contributed by atoms with E-state index in [-0.39, 0.29) is 11.9 Å². The van der Waals surface area contributed by atoms with Crippen LogP contribution in [0.15, 0.2) is 84.9 Å². The first-order chi connectivity index (χ1) is 13.1. The van der Waals surface area contributed by atoms with Crippen molar-refractivity contribution in [3.05, 3.63) is 102 Å². The first-order valence-corrected chi connectivity index (χ1v) is 9.39. The predicted octanol–water partition coefficient (Wildman–Crippen LogP) is 4.51. The monoisotopic (exact) mass is 354 g/mol. The molecule has 0 unspecified atom stereocenters. The van der Waals surface area contributed by atoms with Crippen molar-refractivity contribution in [1.29, 1.82) is 0 Å². The third-order valence-electron chi connectivity index (χ3n) is 5.95. The Kier molecular flexibility index (Phi) is 3.34. The van der Waals surface area contributed by atoms with Crippen molar-refractivity contribution in [3.8, 4) is 0 Å². The average molecular weight is 354 g/mol.